The lowest BCUT2D eigenvalue weighted by molar-refractivity contribution is 0.117. The number of hydrogen-bond donors (Lipinski definition) is 1. The van der Waals surface area contributed by atoms with E-state index in [4.69, 9.17) is 10.5 Å². The fourth-order valence-electron chi connectivity index (χ4n) is 3.08. The van der Waals surface area contributed by atoms with Crippen molar-refractivity contribution in [2.45, 2.75) is 63.5 Å². The molecule has 0 radical (unpaired) electrons. The molecule has 0 unspecified atom stereocenters. The first-order chi connectivity index (χ1) is 8.67. The van der Waals surface area contributed by atoms with E-state index in [0.29, 0.717) is 6.10 Å². The van der Waals surface area contributed by atoms with Gasteiger partial charge in [0, 0.05) is 11.1 Å². The van der Waals surface area contributed by atoms with Crippen LogP contribution in [0.25, 0.3) is 0 Å². The number of benzene rings is 1. The van der Waals surface area contributed by atoms with Crippen molar-refractivity contribution in [2.24, 2.45) is 5.73 Å². The van der Waals surface area contributed by atoms with Crippen LogP contribution in [0.1, 0.15) is 56.1 Å². The van der Waals surface area contributed by atoms with Gasteiger partial charge >= 0.3 is 0 Å². The van der Waals surface area contributed by atoms with E-state index in [0.717, 1.165) is 18.6 Å². The minimum absolute atomic E-state index is 0.148. The zero-order chi connectivity index (χ0) is 12.6. The second-order valence-corrected chi connectivity index (χ2v) is 6.03. The summed E-state index contributed by atoms with van der Waals surface area (Å²) in [4.78, 5) is 0. The van der Waals surface area contributed by atoms with E-state index in [9.17, 15) is 0 Å². The minimum atomic E-state index is -0.148. The zero-order valence-electron chi connectivity index (χ0n) is 11.2. The molecule has 2 fully saturated rings. The molecule has 0 atom stereocenters. The molecule has 0 spiro atoms. The number of ether oxygens (including phenoxy) is 1. The van der Waals surface area contributed by atoms with Gasteiger partial charge in [0.1, 0.15) is 5.75 Å². The molecule has 0 amide bonds. The highest BCUT2D eigenvalue weighted by Gasteiger charge is 2.34. The Bertz CT molecular complexity index is 431. The van der Waals surface area contributed by atoms with Gasteiger partial charge in [0.25, 0.3) is 0 Å². The molecular formula is C16H23NO. The third-order valence-electron chi connectivity index (χ3n) is 4.51. The summed E-state index contributed by atoms with van der Waals surface area (Å²) in [5.41, 5.74) is 8.98. The van der Waals surface area contributed by atoms with Gasteiger partial charge in [-0.05, 0) is 45.1 Å². The zero-order valence-corrected chi connectivity index (χ0v) is 11.2. The summed E-state index contributed by atoms with van der Waals surface area (Å²) in [5.74, 6) is 1.04. The molecule has 2 saturated carbocycles. The van der Waals surface area contributed by atoms with Crippen molar-refractivity contribution in [1.29, 1.82) is 0 Å². The second-order valence-electron chi connectivity index (χ2n) is 6.03. The van der Waals surface area contributed by atoms with E-state index < -0.39 is 0 Å². The van der Waals surface area contributed by atoms with Gasteiger partial charge in [-0.3, -0.25) is 0 Å². The van der Waals surface area contributed by atoms with E-state index >= 15 is 0 Å². The van der Waals surface area contributed by atoms with E-state index in [-0.39, 0.29) is 5.54 Å². The maximum atomic E-state index is 6.61. The summed E-state index contributed by atoms with van der Waals surface area (Å²) in [6, 6.07) is 6.49. The SMILES string of the molecule is Cc1ccc(OC2CCC2)c(C2(N)CCCC2)c1. The molecular weight excluding hydrogens is 222 g/mol. The number of aryl methyl sites for hydroxylation is 1. The fraction of sp³-hybridized carbons (Fsp3) is 0.625. The Labute approximate surface area is 110 Å². The van der Waals surface area contributed by atoms with Crippen LogP contribution in [0, 0.1) is 6.92 Å². The molecule has 98 valence electrons. The molecule has 2 N–H and O–H groups in total. The highest BCUT2D eigenvalue weighted by molar-refractivity contribution is 5.42. The maximum Gasteiger partial charge on any atom is 0.124 e. The van der Waals surface area contributed by atoms with Crippen LogP contribution in [-0.4, -0.2) is 6.10 Å². The lowest BCUT2D eigenvalue weighted by atomic mass is 9.87. The molecule has 0 heterocycles. The average molecular weight is 245 g/mol. The standard InChI is InChI=1S/C16H23NO/c1-12-7-8-15(18-13-5-4-6-13)14(11-12)16(17)9-2-3-10-16/h7-8,11,13H,2-6,9-10,17H2,1H3. The van der Waals surface area contributed by atoms with Gasteiger partial charge in [-0.25, -0.2) is 0 Å². The van der Waals surface area contributed by atoms with Crippen molar-refractivity contribution in [3.8, 4) is 5.75 Å². The lowest BCUT2D eigenvalue weighted by Gasteiger charge is -2.32. The Morgan fingerprint density at radius 2 is 1.89 bits per heavy atom. The monoisotopic (exact) mass is 245 g/mol. The van der Waals surface area contributed by atoms with Gasteiger partial charge in [-0.1, -0.05) is 30.5 Å². The summed E-state index contributed by atoms with van der Waals surface area (Å²) in [6.07, 6.45) is 8.81. The van der Waals surface area contributed by atoms with E-state index in [2.05, 4.69) is 25.1 Å². The van der Waals surface area contributed by atoms with Gasteiger partial charge in [-0.2, -0.15) is 0 Å². The van der Waals surface area contributed by atoms with E-state index in [1.165, 1.54) is 43.2 Å². The van der Waals surface area contributed by atoms with Crippen molar-refractivity contribution >= 4 is 0 Å². The Morgan fingerprint density at radius 3 is 2.50 bits per heavy atom. The third-order valence-corrected chi connectivity index (χ3v) is 4.51. The fourth-order valence-corrected chi connectivity index (χ4v) is 3.08. The van der Waals surface area contributed by atoms with Crippen LogP contribution in [0.4, 0.5) is 0 Å². The molecule has 2 aliphatic carbocycles. The van der Waals surface area contributed by atoms with E-state index in [1.807, 2.05) is 0 Å². The van der Waals surface area contributed by atoms with Crippen molar-refractivity contribution in [3.63, 3.8) is 0 Å². The Hall–Kier alpha value is -1.02. The first kappa shape index (κ1) is 12.0. The molecule has 0 saturated heterocycles. The first-order valence-electron chi connectivity index (χ1n) is 7.24. The summed E-state index contributed by atoms with van der Waals surface area (Å²) < 4.78 is 6.13. The largest absolute Gasteiger partial charge is 0.490 e. The molecule has 2 aliphatic rings. The molecule has 18 heavy (non-hydrogen) atoms. The van der Waals surface area contributed by atoms with Crippen LogP contribution in [0.5, 0.6) is 5.75 Å². The number of hydrogen-bond acceptors (Lipinski definition) is 2. The molecule has 1 aromatic rings. The van der Waals surface area contributed by atoms with Gasteiger partial charge < -0.3 is 10.5 Å². The molecule has 0 aliphatic heterocycles. The van der Waals surface area contributed by atoms with Crippen LogP contribution in [0.3, 0.4) is 0 Å². The predicted molar refractivity (Wildman–Crippen MR) is 73.8 cm³/mol. The Morgan fingerprint density at radius 1 is 1.17 bits per heavy atom. The number of rotatable bonds is 3. The molecule has 0 aromatic heterocycles. The summed E-state index contributed by atoms with van der Waals surface area (Å²) in [5, 5.41) is 0. The van der Waals surface area contributed by atoms with Gasteiger partial charge in [0.15, 0.2) is 0 Å². The first-order valence-corrected chi connectivity index (χ1v) is 7.24. The quantitative estimate of drug-likeness (QED) is 0.882. The maximum absolute atomic E-state index is 6.61. The molecule has 3 rings (SSSR count). The topological polar surface area (TPSA) is 35.2 Å². The highest BCUT2D eigenvalue weighted by atomic mass is 16.5. The molecule has 2 nitrogen and oxygen atoms in total. The lowest BCUT2D eigenvalue weighted by Crippen LogP contribution is -2.35. The molecule has 1 aromatic carbocycles. The van der Waals surface area contributed by atoms with Crippen LogP contribution in [-0.2, 0) is 5.54 Å². The van der Waals surface area contributed by atoms with Gasteiger partial charge in [-0.15, -0.1) is 0 Å². The third kappa shape index (κ3) is 2.14. The summed E-state index contributed by atoms with van der Waals surface area (Å²) in [6.45, 7) is 2.13. The minimum Gasteiger partial charge on any atom is -0.490 e. The van der Waals surface area contributed by atoms with Crippen molar-refractivity contribution in [1.82, 2.24) is 0 Å². The van der Waals surface area contributed by atoms with Crippen LogP contribution in [0.15, 0.2) is 18.2 Å². The van der Waals surface area contributed by atoms with Crippen LogP contribution < -0.4 is 10.5 Å². The van der Waals surface area contributed by atoms with Crippen molar-refractivity contribution in [2.75, 3.05) is 0 Å². The molecule has 0 bridgehead atoms. The van der Waals surface area contributed by atoms with Gasteiger partial charge in [0.2, 0.25) is 0 Å². The number of nitrogens with two attached hydrogens (primary N) is 1. The van der Waals surface area contributed by atoms with Crippen LogP contribution >= 0.6 is 0 Å². The highest BCUT2D eigenvalue weighted by Crippen LogP contribution is 2.42. The van der Waals surface area contributed by atoms with Crippen molar-refractivity contribution < 1.29 is 4.74 Å². The smallest absolute Gasteiger partial charge is 0.124 e. The second kappa shape index (κ2) is 4.58. The Balaban J connectivity index is 1.91. The summed E-state index contributed by atoms with van der Waals surface area (Å²) >= 11 is 0. The van der Waals surface area contributed by atoms with Gasteiger partial charge in [0.05, 0.1) is 6.10 Å². The Kier molecular flexibility index (Phi) is 3.06. The average Bonchev–Trinajstić information content (AvgIpc) is 2.73. The van der Waals surface area contributed by atoms with Crippen molar-refractivity contribution in [3.05, 3.63) is 29.3 Å². The normalized spacial score (nSPS) is 22.8. The summed E-state index contributed by atoms with van der Waals surface area (Å²) in [7, 11) is 0. The van der Waals surface area contributed by atoms with Crippen LogP contribution in [0.2, 0.25) is 0 Å². The predicted octanol–water partition coefficient (Wildman–Crippen LogP) is 3.65. The van der Waals surface area contributed by atoms with E-state index in [1.54, 1.807) is 0 Å². The molecule has 2 heteroatoms.